The summed E-state index contributed by atoms with van der Waals surface area (Å²) in [4.78, 5) is 0. The fraction of sp³-hybridized carbons (Fsp3) is 0.647. The van der Waals surface area contributed by atoms with Crippen LogP contribution in [0, 0.1) is 11.7 Å². The van der Waals surface area contributed by atoms with Gasteiger partial charge >= 0.3 is 0 Å². The first kappa shape index (κ1) is 15.3. The molecule has 0 amide bonds. The quantitative estimate of drug-likeness (QED) is 0.879. The van der Waals surface area contributed by atoms with Crippen LogP contribution in [0.5, 0.6) is 5.75 Å². The molecule has 0 radical (unpaired) electrons. The van der Waals surface area contributed by atoms with Crippen LogP contribution in [0.2, 0.25) is 0 Å². The second-order valence-electron chi connectivity index (χ2n) is 5.74. The summed E-state index contributed by atoms with van der Waals surface area (Å²) in [6, 6.07) is 5.54. The van der Waals surface area contributed by atoms with Crippen molar-refractivity contribution in [3.05, 3.63) is 29.6 Å². The van der Waals surface area contributed by atoms with Crippen LogP contribution in [-0.2, 0) is 0 Å². The molecule has 2 nitrogen and oxygen atoms in total. The molecule has 3 heteroatoms. The van der Waals surface area contributed by atoms with Gasteiger partial charge in [-0.2, -0.15) is 0 Å². The van der Waals surface area contributed by atoms with Crippen molar-refractivity contribution in [1.29, 1.82) is 0 Å². The monoisotopic (exact) mass is 279 g/mol. The number of ether oxygens (including phenoxy) is 1. The Morgan fingerprint density at radius 2 is 1.80 bits per heavy atom. The predicted molar refractivity (Wildman–Crippen MR) is 80.6 cm³/mol. The van der Waals surface area contributed by atoms with Crippen LogP contribution in [0.25, 0.3) is 0 Å². The normalized spacial score (nSPS) is 19.1. The molecule has 1 aliphatic rings. The molecule has 0 bridgehead atoms. The molecule has 0 spiro atoms. The lowest BCUT2D eigenvalue weighted by molar-refractivity contribution is 0.291. The summed E-state index contributed by atoms with van der Waals surface area (Å²) in [5.41, 5.74) is 0.748. The van der Waals surface area contributed by atoms with Crippen LogP contribution in [0.15, 0.2) is 18.2 Å². The van der Waals surface area contributed by atoms with Gasteiger partial charge in [0.05, 0.1) is 7.11 Å². The van der Waals surface area contributed by atoms with E-state index in [0.29, 0.717) is 11.7 Å². The number of methoxy groups -OCH3 is 1. The van der Waals surface area contributed by atoms with Crippen molar-refractivity contribution < 1.29 is 9.13 Å². The Bertz CT molecular complexity index is 413. The largest absolute Gasteiger partial charge is 0.494 e. The van der Waals surface area contributed by atoms with E-state index >= 15 is 0 Å². The lowest BCUT2D eigenvalue weighted by atomic mass is 9.82. The zero-order valence-corrected chi connectivity index (χ0v) is 12.6. The predicted octanol–water partition coefficient (Wildman–Crippen LogP) is 4.46. The lowest BCUT2D eigenvalue weighted by Crippen LogP contribution is -2.27. The van der Waals surface area contributed by atoms with Gasteiger partial charge in [-0.05, 0) is 31.9 Å². The van der Waals surface area contributed by atoms with Gasteiger partial charge in [-0.15, -0.1) is 0 Å². The molecule has 0 saturated heterocycles. The highest BCUT2D eigenvalue weighted by atomic mass is 19.1. The average molecular weight is 279 g/mol. The molecule has 1 aromatic carbocycles. The molecule has 1 N–H and O–H groups in total. The number of benzene rings is 1. The molecule has 2 rings (SSSR count). The zero-order chi connectivity index (χ0) is 14.4. The maximum atomic E-state index is 14.5. The minimum absolute atomic E-state index is 0.0863. The van der Waals surface area contributed by atoms with Crippen LogP contribution in [0.4, 0.5) is 4.39 Å². The van der Waals surface area contributed by atoms with E-state index in [-0.39, 0.29) is 11.9 Å². The topological polar surface area (TPSA) is 21.3 Å². The van der Waals surface area contributed by atoms with Crippen molar-refractivity contribution in [2.75, 3.05) is 14.2 Å². The van der Waals surface area contributed by atoms with Crippen molar-refractivity contribution >= 4 is 0 Å². The van der Waals surface area contributed by atoms with Crippen molar-refractivity contribution in [2.24, 2.45) is 5.92 Å². The highest BCUT2D eigenvalue weighted by molar-refractivity contribution is 5.33. The second kappa shape index (κ2) is 7.63. The lowest BCUT2D eigenvalue weighted by Gasteiger charge is -2.29. The van der Waals surface area contributed by atoms with Gasteiger partial charge in [0, 0.05) is 11.6 Å². The van der Waals surface area contributed by atoms with Crippen molar-refractivity contribution in [3.8, 4) is 5.75 Å². The van der Waals surface area contributed by atoms with E-state index in [1.807, 2.05) is 19.2 Å². The maximum Gasteiger partial charge on any atom is 0.169 e. The van der Waals surface area contributed by atoms with Gasteiger partial charge in [-0.25, -0.2) is 4.39 Å². The fourth-order valence-electron chi connectivity index (χ4n) is 3.39. The van der Waals surface area contributed by atoms with Crippen LogP contribution in [0.3, 0.4) is 0 Å². The molecule has 1 unspecified atom stereocenters. The van der Waals surface area contributed by atoms with Crippen LogP contribution >= 0.6 is 0 Å². The highest BCUT2D eigenvalue weighted by Crippen LogP contribution is 2.35. The Balaban J connectivity index is 2.21. The molecular weight excluding hydrogens is 253 g/mol. The molecule has 1 atom stereocenters. The summed E-state index contributed by atoms with van der Waals surface area (Å²) < 4.78 is 19.6. The Hall–Kier alpha value is -1.09. The first-order valence-corrected chi connectivity index (χ1v) is 7.77. The first-order valence-electron chi connectivity index (χ1n) is 7.77. The Kier molecular flexibility index (Phi) is 5.84. The number of rotatable bonds is 4. The van der Waals surface area contributed by atoms with E-state index in [4.69, 9.17) is 4.74 Å². The van der Waals surface area contributed by atoms with Gasteiger partial charge in [0.15, 0.2) is 11.6 Å². The van der Waals surface area contributed by atoms with Gasteiger partial charge < -0.3 is 10.1 Å². The molecule has 1 aromatic rings. The molecule has 0 aromatic heterocycles. The summed E-state index contributed by atoms with van der Waals surface area (Å²) in [6.45, 7) is 0. The molecule has 0 aliphatic heterocycles. The van der Waals surface area contributed by atoms with Crippen molar-refractivity contribution in [1.82, 2.24) is 5.32 Å². The smallest absolute Gasteiger partial charge is 0.169 e. The number of nitrogens with one attached hydrogen (secondary N) is 1. The van der Waals surface area contributed by atoms with Gasteiger partial charge in [-0.3, -0.25) is 0 Å². The number of hydrogen-bond acceptors (Lipinski definition) is 2. The summed E-state index contributed by atoms with van der Waals surface area (Å²) in [7, 11) is 3.45. The third-order valence-corrected chi connectivity index (χ3v) is 4.48. The fourth-order valence-corrected chi connectivity index (χ4v) is 3.39. The van der Waals surface area contributed by atoms with Crippen LogP contribution in [0.1, 0.15) is 56.6 Å². The van der Waals surface area contributed by atoms with E-state index in [9.17, 15) is 4.39 Å². The summed E-state index contributed by atoms with van der Waals surface area (Å²) >= 11 is 0. The summed E-state index contributed by atoms with van der Waals surface area (Å²) in [6.07, 6.45) is 8.86. The summed E-state index contributed by atoms with van der Waals surface area (Å²) in [5.74, 6) is 0.645. The average Bonchev–Trinajstić information content (AvgIpc) is 2.43. The molecule has 112 valence electrons. The minimum atomic E-state index is -0.212. The Labute approximate surface area is 121 Å². The first-order chi connectivity index (χ1) is 9.77. The Morgan fingerprint density at radius 3 is 2.40 bits per heavy atom. The third kappa shape index (κ3) is 3.51. The van der Waals surface area contributed by atoms with E-state index < -0.39 is 0 Å². The summed E-state index contributed by atoms with van der Waals surface area (Å²) in [5, 5.41) is 3.33. The zero-order valence-electron chi connectivity index (χ0n) is 12.6. The molecule has 1 fully saturated rings. The van der Waals surface area contributed by atoms with Gasteiger partial charge in [0.25, 0.3) is 0 Å². The standard InChI is InChI=1S/C17H26FNO/c1-19-17(13-9-6-4-3-5-7-10-13)14-11-8-12-15(20-2)16(14)18/h8,11-13,17,19H,3-7,9-10H2,1-2H3. The molecular formula is C17H26FNO. The van der Waals surface area contributed by atoms with Crippen LogP contribution < -0.4 is 10.1 Å². The maximum absolute atomic E-state index is 14.5. The van der Waals surface area contributed by atoms with E-state index in [1.54, 1.807) is 6.07 Å². The van der Waals surface area contributed by atoms with Crippen LogP contribution in [-0.4, -0.2) is 14.2 Å². The van der Waals surface area contributed by atoms with Crippen molar-refractivity contribution in [3.63, 3.8) is 0 Å². The second-order valence-corrected chi connectivity index (χ2v) is 5.74. The third-order valence-electron chi connectivity index (χ3n) is 4.48. The van der Waals surface area contributed by atoms with Gasteiger partial charge in [-0.1, -0.05) is 44.2 Å². The van der Waals surface area contributed by atoms with E-state index in [2.05, 4.69) is 5.32 Å². The van der Waals surface area contributed by atoms with Crippen molar-refractivity contribution in [2.45, 2.75) is 51.0 Å². The molecule has 1 saturated carbocycles. The number of halogens is 1. The van der Waals surface area contributed by atoms with E-state index in [1.165, 1.54) is 52.1 Å². The molecule has 20 heavy (non-hydrogen) atoms. The molecule has 0 heterocycles. The molecule has 1 aliphatic carbocycles. The number of hydrogen-bond donors (Lipinski definition) is 1. The highest BCUT2D eigenvalue weighted by Gasteiger charge is 2.25. The van der Waals surface area contributed by atoms with E-state index in [0.717, 1.165) is 5.56 Å². The Morgan fingerprint density at radius 1 is 1.15 bits per heavy atom. The minimum Gasteiger partial charge on any atom is -0.494 e. The SMILES string of the molecule is CNC(c1cccc(OC)c1F)C1CCCCCCC1. The van der Waals surface area contributed by atoms with Gasteiger partial charge in [0.2, 0.25) is 0 Å². The van der Waals surface area contributed by atoms with Gasteiger partial charge in [0.1, 0.15) is 0 Å².